The van der Waals surface area contributed by atoms with E-state index >= 15 is 0 Å². The number of rotatable bonds is 5. The second-order valence-electron chi connectivity index (χ2n) is 6.34. The van der Waals surface area contributed by atoms with Gasteiger partial charge in [0.2, 0.25) is 5.91 Å². The zero-order valence-corrected chi connectivity index (χ0v) is 13.6. The van der Waals surface area contributed by atoms with Crippen LogP contribution >= 0.6 is 0 Å². The van der Waals surface area contributed by atoms with Gasteiger partial charge in [0.25, 0.3) is 0 Å². The SMILES string of the molecule is CCc1ccc(C2CNCCN2CCN2CCCC2=O)cc1. The number of carbonyl (C=O) groups is 1. The van der Waals surface area contributed by atoms with E-state index < -0.39 is 0 Å². The summed E-state index contributed by atoms with van der Waals surface area (Å²) in [7, 11) is 0. The van der Waals surface area contributed by atoms with E-state index in [1.54, 1.807) is 0 Å². The Labute approximate surface area is 133 Å². The first-order chi connectivity index (χ1) is 10.8. The van der Waals surface area contributed by atoms with Gasteiger partial charge in [0.05, 0.1) is 0 Å². The Hall–Kier alpha value is -1.39. The molecule has 3 rings (SSSR count). The fraction of sp³-hybridized carbons (Fsp3) is 0.611. The highest BCUT2D eigenvalue weighted by atomic mass is 16.2. The number of hydrogen-bond acceptors (Lipinski definition) is 3. The first-order valence-corrected chi connectivity index (χ1v) is 8.59. The Bertz CT molecular complexity index is 500. The second-order valence-corrected chi connectivity index (χ2v) is 6.34. The number of hydrogen-bond donors (Lipinski definition) is 1. The molecule has 1 aromatic carbocycles. The maximum atomic E-state index is 11.8. The maximum Gasteiger partial charge on any atom is 0.222 e. The van der Waals surface area contributed by atoms with Crippen LogP contribution in [0, 0.1) is 0 Å². The molecule has 120 valence electrons. The van der Waals surface area contributed by atoms with E-state index in [-0.39, 0.29) is 0 Å². The molecule has 0 aliphatic carbocycles. The Morgan fingerprint density at radius 2 is 2.00 bits per heavy atom. The van der Waals surface area contributed by atoms with Crippen LogP contribution in [0.2, 0.25) is 0 Å². The number of amides is 1. The molecule has 2 fully saturated rings. The molecule has 4 heteroatoms. The zero-order chi connectivity index (χ0) is 15.4. The van der Waals surface area contributed by atoms with Gasteiger partial charge in [0.15, 0.2) is 0 Å². The van der Waals surface area contributed by atoms with Gasteiger partial charge in [0.1, 0.15) is 0 Å². The minimum Gasteiger partial charge on any atom is -0.341 e. The summed E-state index contributed by atoms with van der Waals surface area (Å²) >= 11 is 0. The van der Waals surface area contributed by atoms with Gasteiger partial charge in [-0.25, -0.2) is 0 Å². The van der Waals surface area contributed by atoms with E-state index in [9.17, 15) is 4.79 Å². The highest BCUT2D eigenvalue weighted by Crippen LogP contribution is 2.23. The summed E-state index contributed by atoms with van der Waals surface area (Å²) in [5, 5.41) is 3.51. The predicted molar refractivity (Wildman–Crippen MR) is 88.8 cm³/mol. The van der Waals surface area contributed by atoms with Crippen LogP contribution in [0.25, 0.3) is 0 Å². The van der Waals surface area contributed by atoms with Crippen molar-refractivity contribution in [2.24, 2.45) is 0 Å². The summed E-state index contributed by atoms with van der Waals surface area (Å²) in [5.74, 6) is 0.332. The van der Waals surface area contributed by atoms with Crippen molar-refractivity contribution in [1.29, 1.82) is 0 Å². The molecular weight excluding hydrogens is 274 g/mol. The molecule has 0 bridgehead atoms. The van der Waals surface area contributed by atoms with Crippen molar-refractivity contribution in [3.8, 4) is 0 Å². The van der Waals surface area contributed by atoms with E-state index in [0.29, 0.717) is 11.9 Å². The highest BCUT2D eigenvalue weighted by molar-refractivity contribution is 5.78. The van der Waals surface area contributed by atoms with E-state index in [0.717, 1.165) is 58.5 Å². The molecule has 0 radical (unpaired) electrons. The molecule has 2 aliphatic heterocycles. The summed E-state index contributed by atoms with van der Waals surface area (Å²) < 4.78 is 0. The number of aryl methyl sites for hydroxylation is 1. The normalized spacial score (nSPS) is 23.2. The summed E-state index contributed by atoms with van der Waals surface area (Å²) in [5.41, 5.74) is 2.78. The lowest BCUT2D eigenvalue weighted by Gasteiger charge is -2.37. The average molecular weight is 301 g/mol. The van der Waals surface area contributed by atoms with Crippen LogP contribution in [0.15, 0.2) is 24.3 Å². The van der Waals surface area contributed by atoms with Crippen molar-refractivity contribution in [3.63, 3.8) is 0 Å². The third-order valence-corrected chi connectivity index (χ3v) is 4.96. The third-order valence-electron chi connectivity index (χ3n) is 4.96. The van der Waals surface area contributed by atoms with Crippen molar-refractivity contribution in [1.82, 2.24) is 15.1 Å². The molecule has 22 heavy (non-hydrogen) atoms. The molecule has 2 saturated heterocycles. The van der Waals surface area contributed by atoms with E-state index in [1.165, 1.54) is 11.1 Å². The summed E-state index contributed by atoms with van der Waals surface area (Å²) in [6.07, 6.45) is 2.86. The smallest absolute Gasteiger partial charge is 0.222 e. The van der Waals surface area contributed by atoms with E-state index in [1.807, 2.05) is 4.90 Å². The first-order valence-electron chi connectivity index (χ1n) is 8.59. The standard InChI is InChI=1S/C18H27N3O/c1-2-15-5-7-16(8-6-15)17-14-19-9-11-20(17)12-13-21-10-3-4-18(21)22/h5-8,17,19H,2-4,9-14H2,1H3. The van der Waals surface area contributed by atoms with Crippen molar-refractivity contribution in [3.05, 3.63) is 35.4 Å². The first kappa shape index (κ1) is 15.5. The Kier molecular flexibility index (Phi) is 5.11. The van der Waals surface area contributed by atoms with Crippen LogP contribution in [0.4, 0.5) is 0 Å². The van der Waals surface area contributed by atoms with Crippen molar-refractivity contribution >= 4 is 5.91 Å². The lowest BCUT2D eigenvalue weighted by Crippen LogP contribution is -2.48. The lowest BCUT2D eigenvalue weighted by molar-refractivity contribution is -0.127. The molecule has 0 aromatic heterocycles. The number of nitrogens with zero attached hydrogens (tertiary/aromatic N) is 2. The molecule has 1 N–H and O–H groups in total. The zero-order valence-electron chi connectivity index (χ0n) is 13.6. The third kappa shape index (κ3) is 3.50. The van der Waals surface area contributed by atoms with Crippen LogP contribution in [0.5, 0.6) is 0 Å². The van der Waals surface area contributed by atoms with Crippen LogP contribution in [0.3, 0.4) is 0 Å². The molecule has 1 aromatic rings. The van der Waals surface area contributed by atoms with Gasteiger partial charge in [-0.2, -0.15) is 0 Å². The average Bonchev–Trinajstić information content (AvgIpc) is 2.98. The van der Waals surface area contributed by atoms with Gasteiger partial charge in [-0.1, -0.05) is 31.2 Å². The Morgan fingerprint density at radius 3 is 2.68 bits per heavy atom. The topological polar surface area (TPSA) is 35.6 Å². The van der Waals surface area contributed by atoms with Gasteiger partial charge >= 0.3 is 0 Å². The molecule has 0 saturated carbocycles. The summed E-state index contributed by atoms with van der Waals surface area (Å²) in [4.78, 5) is 16.3. The van der Waals surface area contributed by atoms with Crippen LogP contribution < -0.4 is 5.32 Å². The van der Waals surface area contributed by atoms with Gasteiger partial charge in [-0.15, -0.1) is 0 Å². The Balaban J connectivity index is 1.63. The summed E-state index contributed by atoms with van der Waals surface area (Å²) in [6.45, 7) is 8.09. The summed E-state index contributed by atoms with van der Waals surface area (Å²) in [6, 6.07) is 9.45. The number of nitrogens with one attached hydrogen (secondary N) is 1. The number of benzene rings is 1. The molecule has 4 nitrogen and oxygen atoms in total. The molecule has 2 aliphatic rings. The number of carbonyl (C=O) groups excluding carboxylic acids is 1. The van der Waals surface area contributed by atoms with E-state index in [4.69, 9.17) is 0 Å². The van der Waals surface area contributed by atoms with Crippen molar-refractivity contribution < 1.29 is 4.79 Å². The van der Waals surface area contributed by atoms with Gasteiger partial charge < -0.3 is 10.2 Å². The molecule has 1 atom stereocenters. The van der Waals surface area contributed by atoms with Crippen LogP contribution in [-0.2, 0) is 11.2 Å². The van der Waals surface area contributed by atoms with Crippen molar-refractivity contribution in [2.45, 2.75) is 32.2 Å². The van der Waals surface area contributed by atoms with Gasteiger partial charge in [-0.05, 0) is 24.0 Å². The largest absolute Gasteiger partial charge is 0.341 e. The maximum absolute atomic E-state index is 11.8. The second kappa shape index (κ2) is 7.25. The number of likely N-dealkylation sites (tertiary alicyclic amines) is 1. The lowest BCUT2D eigenvalue weighted by atomic mass is 10.0. The fourth-order valence-corrected chi connectivity index (χ4v) is 3.51. The van der Waals surface area contributed by atoms with Crippen LogP contribution in [-0.4, -0.2) is 55.0 Å². The number of piperazine rings is 1. The quantitative estimate of drug-likeness (QED) is 0.901. The van der Waals surface area contributed by atoms with E-state index in [2.05, 4.69) is 41.4 Å². The molecule has 1 amide bonds. The molecule has 0 spiro atoms. The Morgan fingerprint density at radius 1 is 1.18 bits per heavy atom. The van der Waals surface area contributed by atoms with Crippen molar-refractivity contribution in [2.75, 3.05) is 39.3 Å². The predicted octanol–water partition coefficient (Wildman–Crippen LogP) is 1.82. The minimum atomic E-state index is 0.332. The molecular formula is C18H27N3O. The fourth-order valence-electron chi connectivity index (χ4n) is 3.51. The minimum absolute atomic E-state index is 0.332. The van der Waals surface area contributed by atoms with Gasteiger partial charge in [-0.3, -0.25) is 9.69 Å². The molecule has 2 heterocycles. The molecule has 1 unspecified atom stereocenters. The van der Waals surface area contributed by atoms with Crippen LogP contribution in [0.1, 0.15) is 36.9 Å². The highest BCUT2D eigenvalue weighted by Gasteiger charge is 2.26. The monoisotopic (exact) mass is 301 g/mol. The van der Waals surface area contributed by atoms with Gasteiger partial charge in [0, 0.05) is 51.7 Å².